The lowest BCUT2D eigenvalue weighted by molar-refractivity contribution is -0.0509. The maximum Gasteiger partial charge on any atom is 0.0645 e. The third-order valence-electron chi connectivity index (χ3n) is 2.53. The second-order valence-electron chi connectivity index (χ2n) is 4.11. The van der Waals surface area contributed by atoms with Crippen LogP contribution in [0.25, 0.3) is 0 Å². The molecule has 1 aliphatic heterocycles. The molecule has 74 valence electrons. The Kier molecular flexibility index (Phi) is 3.71. The molecule has 1 heterocycles. The van der Waals surface area contributed by atoms with E-state index >= 15 is 0 Å². The lowest BCUT2D eigenvalue weighted by atomic mass is 10.0. The van der Waals surface area contributed by atoms with Crippen molar-refractivity contribution in [2.45, 2.75) is 32.2 Å². The van der Waals surface area contributed by atoms with Gasteiger partial charge in [0.1, 0.15) is 0 Å². The maximum absolute atomic E-state index is 8.43. The van der Waals surface area contributed by atoms with Crippen LogP contribution in [0.5, 0.6) is 0 Å². The van der Waals surface area contributed by atoms with Crippen LogP contribution in [-0.4, -0.2) is 36.7 Å². The molecule has 0 spiro atoms. The van der Waals surface area contributed by atoms with Crippen LogP contribution in [0.1, 0.15) is 26.7 Å². The Morgan fingerprint density at radius 1 is 1.54 bits per heavy atom. The van der Waals surface area contributed by atoms with Gasteiger partial charge in [-0.3, -0.25) is 4.90 Å². The van der Waals surface area contributed by atoms with Crippen LogP contribution in [0.4, 0.5) is 0 Å². The van der Waals surface area contributed by atoms with Gasteiger partial charge in [0.25, 0.3) is 0 Å². The van der Waals surface area contributed by atoms with Crippen molar-refractivity contribution < 1.29 is 4.74 Å². The van der Waals surface area contributed by atoms with Crippen molar-refractivity contribution in [1.29, 1.82) is 5.26 Å². The highest BCUT2D eigenvalue weighted by molar-refractivity contribution is 4.84. The van der Waals surface area contributed by atoms with Crippen molar-refractivity contribution in [1.82, 2.24) is 4.90 Å². The number of morpholine rings is 1. The van der Waals surface area contributed by atoms with Crippen LogP contribution in [0, 0.1) is 11.3 Å². The molecule has 1 aliphatic rings. The normalized spacial score (nSPS) is 22.5. The predicted molar refractivity (Wildman–Crippen MR) is 51.3 cm³/mol. The Hall–Kier alpha value is -0.590. The number of hydrogen-bond acceptors (Lipinski definition) is 3. The summed E-state index contributed by atoms with van der Waals surface area (Å²) in [7, 11) is 0. The van der Waals surface area contributed by atoms with Gasteiger partial charge in [0.2, 0.25) is 0 Å². The van der Waals surface area contributed by atoms with Gasteiger partial charge in [-0.15, -0.1) is 0 Å². The summed E-state index contributed by atoms with van der Waals surface area (Å²) in [6, 6.07) is 2.18. The second-order valence-corrected chi connectivity index (χ2v) is 4.11. The molecular formula is C10H18N2O. The van der Waals surface area contributed by atoms with Crippen LogP contribution in [-0.2, 0) is 4.74 Å². The van der Waals surface area contributed by atoms with E-state index in [1.165, 1.54) is 0 Å². The van der Waals surface area contributed by atoms with E-state index in [0.29, 0.717) is 6.42 Å². The van der Waals surface area contributed by atoms with Crippen molar-refractivity contribution in [3.63, 3.8) is 0 Å². The summed E-state index contributed by atoms with van der Waals surface area (Å²) in [5, 5.41) is 8.43. The van der Waals surface area contributed by atoms with Crippen molar-refractivity contribution in [3.05, 3.63) is 0 Å². The van der Waals surface area contributed by atoms with Gasteiger partial charge in [0.15, 0.2) is 0 Å². The van der Waals surface area contributed by atoms with Crippen molar-refractivity contribution in [2.75, 3.05) is 26.3 Å². The minimum absolute atomic E-state index is 0.147. The molecular weight excluding hydrogens is 164 g/mol. The molecule has 0 aliphatic carbocycles. The van der Waals surface area contributed by atoms with Gasteiger partial charge >= 0.3 is 0 Å². The number of hydrogen-bond donors (Lipinski definition) is 0. The summed E-state index contributed by atoms with van der Waals surface area (Å²) >= 11 is 0. The first kappa shape index (κ1) is 10.5. The molecule has 0 atom stereocenters. The van der Waals surface area contributed by atoms with Gasteiger partial charge in [0.05, 0.1) is 19.3 Å². The van der Waals surface area contributed by atoms with Crippen molar-refractivity contribution in [2.24, 2.45) is 0 Å². The lowest BCUT2D eigenvalue weighted by Crippen LogP contribution is -2.53. The number of nitriles is 1. The number of ether oxygens (including phenoxy) is 1. The molecule has 3 nitrogen and oxygen atoms in total. The van der Waals surface area contributed by atoms with E-state index < -0.39 is 0 Å². The molecule has 0 bridgehead atoms. The molecule has 3 heteroatoms. The van der Waals surface area contributed by atoms with Gasteiger partial charge in [-0.1, -0.05) is 0 Å². The van der Waals surface area contributed by atoms with Gasteiger partial charge in [-0.25, -0.2) is 0 Å². The summed E-state index contributed by atoms with van der Waals surface area (Å²) in [6.07, 6.45) is 1.63. The zero-order valence-corrected chi connectivity index (χ0v) is 8.55. The van der Waals surface area contributed by atoms with Crippen LogP contribution < -0.4 is 0 Å². The van der Waals surface area contributed by atoms with E-state index in [9.17, 15) is 0 Å². The highest BCUT2D eigenvalue weighted by Crippen LogP contribution is 2.18. The van der Waals surface area contributed by atoms with Crippen molar-refractivity contribution >= 4 is 0 Å². The molecule has 1 rings (SSSR count). The zero-order chi connectivity index (χ0) is 9.73. The fourth-order valence-electron chi connectivity index (χ4n) is 1.65. The summed E-state index contributed by atoms with van der Waals surface area (Å²) in [5.41, 5.74) is 0.147. The van der Waals surface area contributed by atoms with Gasteiger partial charge in [-0.05, 0) is 26.8 Å². The SMILES string of the molecule is CC1(C)COCCN1CCCC#N. The van der Waals surface area contributed by atoms with E-state index in [1.807, 2.05) is 0 Å². The van der Waals surface area contributed by atoms with Crippen LogP contribution in [0.3, 0.4) is 0 Å². The number of rotatable bonds is 3. The van der Waals surface area contributed by atoms with Crippen LogP contribution >= 0.6 is 0 Å². The standard InChI is InChI=1S/C10H18N2O/c1-10(2)9-13-8-7-12(10)6-4-3-5-11/h3-4,6-9H2,1-2H3. The molecule has 0 aromatic rings. The molecule has 13 heavy (non-hydrogen) atoms. The third kappa shape index (κ3) is 2.98. The Labute approximate surface area is 80.3 Å². The van der Waals surface area contributed by atoms with E-state index in [0.717, 1.165) is 32.7 Å². The zero-order valence-electron chi connectivity index (χ0n) is 8.55. The van der Waals surface area contributed by atoms with E-state index in [1.54, 1.807) is 0 Å². The van der Waals surface area contributed by atoms with Crippen LogP contribution in [0.2, 0.25) is 0 Å². The quantitative estimate of drug-likeness (QED) is 0.619. The molecule has 0 saturated carbocycles. The second kappa shape index (κ2) is 4.59. The minimum Gasteiger partial charge on any atom is -0.378 e. The highest BCUT2D eigenvalue weighted by Gasteiger charge is 2.29. The van der Waals surface area contributed by atoms with Crippen LogP contribution in [0.15, 0.2) is 0 Å². The van der Waals surface area contributed by atoms with E-state index in [2.05, 4.69) is 24.8 Å². The average Bonchev–Trinajstić information content (AvgIpc) is 2.08. The first-order valence-electron chi connectivity index (χ1n) is 4.86. The lowest BCUT2D eigenvalue weighted by Gasteiger charge is -2.42. The summed E-state index contributed by atoms with van der Waals surface area (Å²) in [5.74, 6) is 0. The van der Waals surface area contributed by atoms with Gasteiger partial charge in [-0.2, -0.15) is 5.26 Å². The Morgan fingerprint density at radius 3 is 2.92 bits per heavy atom. The summed E-state index contributed by atoms with van der Waals surface area (Å²) < 4.78 is 5.41. The number of nitrogens with zero attached hydrogens (tertiary/aromatic N) is 2. The van der Waals surface area contributed by atoms with E-state index in [-0.39, 0.29) is 5.54 Å². The largest absolute Gasteiger partial charge is 0.378 e. The monoisotopic (exact) mass is 182 g/mol. The topological polar surface area (TPSA) is 36.3 Å². The van der Waals surface area contributed by atoms with Gasteiger partial charge in [0, 0.05) is 18.5 Å². The fraction of sp³-hybridized carbons (Fsp3) is 0.900. The third-order valence-corrected chi connectivity index (χ3v) is 2.53. The minimum atomic E-state index is 0.147. The molecule has 0 amide bonds. The smallest absolute Gasteiger partial charge is 0.0645 e. The summed E-state index contributed by atoms with van der Waals surface area (Å²) in [4.78, 5) is 2.41. The number of unbranched alkanes of at least 4 members (excludes halogenated alkanes) is 1. The Morgan fingerprint density at radius 2 is 2.31 bits per heavy atom. The predicted octanol–water partition coefficient (Wildman–Crippen LogP) is 1.40. The van der Waals surface area contributed by atoms with Gasteiger partial charge < -0.3 is 4.74 Å². The summed E-state index contributed by atoms with van der Waals surface area (Å²) in [6.45, 7) is 8.04. The molecule has 0 aromatic heterocycles. The highest BCUT2D eigenvalue weighted by atomic mass is 16.5. The first-order valence-corrected chi connectivity index (χ1v) is 4.86. The Balaban J connectivity index is 2.34. The maximum atomic E-state index is 8.43. The van der Waals surface area contributed by atoms with Crippen molar-refractivity contribution in [3.8, 4) is 6.07 Å². The molecule has 1 fully saturated rings. The average molecular weight is 182 g/mol. The molecule has 0 aromatic carbocycles. The molecule has 1 saturated heterocycles. The molecule has 0 radical (unpaired) electrons. The Bertz CT molecular complexity index is 196. The fourth-order valence-corrected chi connectivity index (χ4v) is 1.65. The van der Waals surface area contributed by atoms with E-state index in [4.69, 9.17) is 10.00 Å². The molecule has 0 N–H and O–H groups in total. The molecule has 0 unspecified atom stereocenters. The first-order chi connectivity index (χ1) is 6.17.